The number of hydrogen-bond donors (Lipinski definition) is 2. The van der Waals surface area contributed by atoms with Crippen molar-refractivity contribution in [3.63, 3.8) is 0 Å². The average Bonchev–Trinajstić information content (AvgIpc) is 2.27. The summed E-state index contributed by atoms with van der Waals surface area (Å²) < 4.78 is 0. The third kappa shape index (κ3) is 2.95. The predicted octanol–water partition coefficient (Wildman–Crippen LogP) is 1.54. The predicted molar refractivity (Wildman–Crippen MR) is 65.5 cm³/mol. The molecule has 0 fully saturated rings. The molecule has 1 rings (SSSR count). The molecule has 0 saturated carbocycles. The van der Waals surface area contributed by atoms with Crippen LogP contribution in [-0.2, 0) is 0 Å². The minimum absolute atomic E-state index is 0.0649. The normalized spacial score (nSPS) is 13.4. The number of benzene rings is 1. The van der Waals surface area contributed by atoms with E-state index < -0.39 is 0 Å². The second kappa shape index (κ2) is 6.21. The van der Waals surface area contributed by atoms with Crippen LogP contribution < -0.4 is 0 Å². The second-order valence-electron chi connectivity index (χ2n) is 4.06. The lowest BCUT2D eigenvalue weighted by Gasteiger charge is -2.31. The third-order valence-electron chi connectivity index (χ3n) is 2.70. The Morgan fingerprint density at radius 3 is 2.19 bits per heavy atom. The molecule has 0 bridgehead atoms. The molecular weight excluding hydrogens is 226 g/mol. The van der Waals surface area contributed by atoms with Crippen molar-refractivity contribution in [2.75, 3.05) is 27.3 Å². The van der Waals surface area contributed by atoms with Gasteiger partial charge >= 0.3 is 0 Å². The largest absolute Gasteiger partial charge is 0.396 e. The van der Waals surface area contributed by atoms with Crippen LogP contribution in [0.4, 0.5) is 0 Å². The van der Waals surface area contributed by atoms with Crippen molar-refractivity contribution in [3.8, 4) is 0 Å². The Morgan fingerprint density at radius 1 is 1.19 bits per heavy atom. The van der Waals surface area contributed by atoms with Gasteiger partial charge in [0, 0.05) is 30.2 Å². The van der Waals surface area contributed by atoms with Crippen LogP contribution in [0.5, 0.6) is 0 Å². The fourth-order valence-electron chi connectivity index (χ4n) is 1.93. The van der Waals surface area contributed by atoms with Crippen LogP contribution in [-0.4, -0.2) is 42.4 Å². The first kappa shape index (κ1) is 13.5. The lowest BCUT2D eigenvalue weighted by molar-refractivity contribution is 0.0809. The van der Waals surface area contributed by atoms with Gasteiger partial charge < -0.3 is 15.1 Å². The maximum atomic E-state index is 9.27. The monoisotopic (exact) mass is 243 g/mol. The third-order valence-corrected chi connectivity index (χ3v) is 3.04. The Morgan fingerprint density at radius 2 is 1.75 bits per heavy atom. The summed E-state index contributed by atoms with van der Waals surface area (Å²) in [5.41, 5.74) is 0.933. The molecule has 16 heavy (non-hydrogen) atoms. The van der Waals surface area contributed by atoms with Crippen LogP contribution in [0.2, 0.25) is 5.02 Å². The molecule has 0 saturated heterocycles. The first-order valence-electron chi connectivity index (χ1n) is 5.24. The van der Waals surface area contributed by atoms with Crippen LogP contribution in [0.1, 0.15) is 11.6 Å². The number of rotatable bonds is 5. The summed E-state index contributed by atoms with van der Waals surface area (Å²) in [5.74, 6) is -0.227. The zero-order valence-electron chi connectivity index (χ0n) is 9.60. The van der Waals surface area contributed by atoms with Gasteiger partial charge in [-0.3, -0.25) is 0 Å². The van der Waals surface area contributed by atoms with Crippen molar-refractivity contribution >= 4 is 11.6 Å². The van der Waals surface area contributed by atoms with Gasteiger partial charge in [-0.15, -0.1) is 0 Å². The summed E-state index contributed by atoms with van der Waals surface area (Å²) >= 11 is 6.13. The van der Waals surface area contributed by atoms with Gasteiger partial charge in [0.2, 0.25) is 0 Å². The average molecular weight is 244 g/mol. The van der Waals surface area contributed by atoms with Gasteiger partial charge in [-0.25, -0.2) is 0 Å². The van der Waals surface area contributed by atoms with E-state index in [0.29, 0.717) is 5.02 Å². The fourth-order valence-corrected chi connectivity index (χ4v) is 2.17. The van der Waals surface area contributed by atoms with Crippen molar-refractivity contribution < 1.29 is 10.2 Å². The standard InChI is InChI=1S/C12H18ClNO2/c1-14(2)12(9(7-15)8-16)10-5-3-4-6-11(10)13/h3-6,9,12,15-16H,7-8H2,1-2H3. The van der Waals surface area contributed by atoms with E-state index in [1.54, 1.807) is 0 Å². The van der Waals surface area contributed by atoms with Crippen molar-refractivity contribution in [1.82, 2.24) is 4.90 Å². The Bertz CT molecular complexity index is 327. The van der Waals surface area contributed by atoms with E-state index in [2.05, 4.69) is 0 Å². The van der Waals surface area contributed by atoms with Gasteiger partial charge in [-0.2, -0.15) is 0 Å². The van der Waals surface area contributed by atoms with Gasteiger partial charge in [0.1, 0.15) is 0 Å². The van der Waals surface area contributed by atoms with E-state index in [1.807, 2.05) is 43.3 Å². The quantitative estimate of drug-likeness (QED) is 0.825. The number of aliphatic hydroxyl groups is 2. The molecule has 0 radical (unpaired) electrons. The van der Waals surface area contributed by atoms with Crippen molar-refractivity contribution in [3.05, 3.63) is 34.9 Å². The molecule has 90 valence electrons. The number of halogens is 1. The number of nitrogens with zero attached hydrogens (tertiary/aromatic N) is 1. The lowest BCUT2D eigenvalue weighted by Crippen LogP contribution is -2.32. The Balaban J connectivity index is 3.07. The first-order chi connectivity index (χ1) is 7.61. The molecule has 2 N–H and O–H groups in total. The highest BCUT2D eigenvalue weighted by molar-refractivity contribution is 6.31. The summed E-state index contributed by atoms with van der Waals surface area (Å²) in [6.45, 7) is -0.130. The van der Waals surface area contributed by atoms with E-state index in [4.69, 9.17) is 11.6 Å². The van der Waals surface area contributed by atoms with Gasteiger partial charge in [0.05, 0.1) is 0 Å². The lowest BCUT2D eigenvalue weighted by atomic mass is 9.93. The number of aliphatic hydroxyl groups excluding tert-OH is 2. The summed E-state index contributed by atoms with van der Waals surface area (Å²) in [5, 5.41) is 19.2. The van der Waals surface area contributed by atoms with E-state index in [0.717, 1.165) is 5.56 Å². The van der Waals surface area contributed by atoms with E-state index in [1.165, 1.54) is 0 Å². The summed E-state index contributed by atoms with van der Waals surface area (Å²) in [6.07, 6.45) is 0. The second-order valence-corrected chi connectivity index (χ2v) is 4.46. The maximum absolute atomic E-state index is 9.27. The van der Waals surface area contributed by atoms with Crippen LogP contribution in [0, 0.1) is 5.92 Å². The molecule has 4 heteroatoms. The highest BCUT2D eigenvalue weighted by Gasteiger charge is 2.25. The first-order valence-corrected chi connectivity index (χ1v) is 5.62. The summed E-state index contributed by atoms with van der Waals surface area (Å²) in [4.78, 5) is 1.96. The number of hydrogen-bond acceptors (Lipinski definition) is 3. The summed E-state index contributed by atoms with van der Waals surface area (Å²) in [6, 6.07) is 7.43. The van der Waals surface area contributed by atoms with Crippen LogP contribution in [0.15, 0.2) is 24.3 Å². The molecule has 3 nitrogen and oxygen atoms in total. The molecule has 1 aromatic rings. The smallest absolute Gasteiger partial charge is 0.0499 e. The molecule has 0 aliphatic carbocycles. The van der Waals surface area contributed by atoms with Crippen LogP contribution in [0.25, 0.3) is 0 Å². The van der Waals surface area contributed by atoms with Crippen molar-refractivity contribution in [1.29, 1.82) is 0 Å². The Labute approximate surface area is 101 Å². The highest BCUT2D eigenvalue weighted by Crippen LogP contribution is 2.31. The van der Waals surface area contributed by atoms with Crippen molar-refractivity contribution in [2.45, 2.75) is 6.04 Å². The van der Waals surface area contributed by atoms with Gasteiger partial charge in [0.15, 0.2) is 0 Å². The van der Waals surface area contributed by atoms with Gasteiger partial charge in [0.25, 0.3) is 0 Å². The molecule has 0 aromatic heterocycles. The van der Waals surface area contributed by atoms with Crippen LogP contribution >= 0.6 is 11.6 Å². The topological polar surface area (TPSA) is 43.7 Å². The Kier molecular flexibility index (Phi) is 5.22. The molecule has 0 aliphatic rings. The minimum Gasteiger partial charge on any atom is -0.396 e. The Hall–Kier alpha value is -0.610. The maximum Gasteiger partial charge on any atom is 0.0499 e. The van der Waals surface area contributed by atoms with Gasteiger partial charge in [-0.05, 0) is 25.7 Å². The minimum atomic E-state index is -0.227. The molecule has 1 unspecified atom stereocenters. The van der Waals surface area contributed by atoms with Crippen LogP contribution in [0.3, 0.4) is 0 Å². The van der Waals surface area contributed by atoms with E-state index in [-0.39, 0.29) is 25.2 Å². The van der Waals surface area contributed by atoms with E-state index >= 15 is 0 Å². The molecule has 1 atom stereocenters. The van der Waals surface area contributed by atoms with Gasteiger partial charge in [-0.1, -0.05) is 29.8 Å². The zero-order valence-corrected chi connectivity index (χ0v) is 10.4. The molecule has 1 aromatic carbocycles. The SMILES string of the molecule is CN(C)C(c1ccccc1Cl)C(CO)CO. The molecule has 0 amide bonds. The molecule has 0 aliphatic heterocycles. The summed E-state index contributed by atoms with van der Waals surface area (Å²) in [7, 11) is 3.82. The molecule has 0 heterocycles. The van der Waals surface area contributed by atoms with Crippen molar-refractivity contribution in [2.24, 2.45) is 5.92 Å². The highest BCUT2D eigenvalue weighted by atomic mass is 35.5. The molecule has 0 spiro atoms. The fraction of sp³-hybridized carbons (Fsp3) is 0.500. The molecular formula is C12H18ClNO2. The van der Waals surface area contributed by atoms with E-state index in [9.17, 15) is 10.2 Å². The zero-order chi connectivity index (χ0) is 12.1.